The molecule has 1 heterocycles. The van der Waals surface area contributed by atoms with Crippen LogP contribution >= 0.6 is 0 Å². The standard InChI is InChI=1S/C18H19F2N3/c1-12-5-4-6-13(9-12)18-22-16-10-14(19)15(20)11-17(16)23(18)8-3-2-7-21/h4-6,9-11H,2-3,7-8,21H2,1H3. The van der Waals surface area contributed by atoms with Gasteiger partial charge in [-0.1, -0.05) is 23.8 Å². The van der Waals surface area contributed by atoms with Crippen molar-refractivity contribution in [2.45, 2.75) is 26.3 Å². The molecule has 0 aliphatic rings. The van der Waals surface area contributed by atoms with Crippen LogP contribution in [0.5, 0.6) is 0 Å². The van der Waals surface area contributed by atoms with Gasteiger partial charge in [-0.3, -0.25) is 0 Å². The van der Waals surface area contributed by atoms with Crippen molar-refractivity contribution in [3.8, 4) is 11.4 Å². The lowest BCUT2D eigenvalue weighted by molar-refractivity contribution is 0.510. The third-order valence-electron chi connectivity index (χ3n) is 3.90. The van der Waals surface area contributed by atoms with Gasteiger partial charge >= 0.3 is 0 Å². The van der Waals surface area contributed by atoms with Crippen LogP contribution in [-0.2, 0) is 6.54 Å². The lowest BCUT2D eigenvalue weighted by Gasteiger charge is -2.09. The molecule has 0 spiro atoms. The van der Waals surface area contributed by atoms with E-state index in [-0.39, 0.29) is 0 Å². The molecule has 0 bridgehead atoms. The van der Waals surface area contributed by atoms with Crippen molar-refractivity contribution < 1.29 is 8.78 Å². The van der Waals surface area contributed by atoms with E-state index in [1.807, 2.05) is 35.8 Å². The van der Waals surface area contributed by atoms with Crippen molar-refractivity contribution in [2.75, 3.05) is 6.54 Å². The number of unbranched alkanes of at least 4 members (excludes halogenated alkanes) is 1. The Hall–Kier alpha value is -2.27. The van der Waals surface area contributed by atoms with E-state index in [0.29, 0.717) is 24.1 Å². The number of aryl methyl sites for hydroxylation is 2. The molecular weight excluding hydrogens is 296 g/mol. The highest BCUT2D eigenvalue weighted by Gasteiger charge is 2.15. The minimum atomic E-state index is -0.875. The van der Waals surface area contributed by atoms with Crippen LogP contribution in [-0.4, -0.2) is 16.1 Å². The molecule has 0 aliphatic heterocycles. The summed E-state index contributed by atoms with van der Waals surface area (Å²) in [5.41, 5.74) is 8.68. The summed E-state index contributed by atoms with van der Waals surface area (Å²) in [6, 6.07) is 10.3. The predicted octanol–water partition coefficient (Wildman–Crippen LogP) is 4.03. The molecule has 0 unspecified atom stereocenters. The monoisotopic (exact) mass is 315 g/mol. The lowest BCUT2D eigenvalue weighted by atomic mass is 10.1. The molecule has 0 fully saturated rings. The van der Waals surface area contributed by atoms with Gasteiger partial charge in [0, 0.05) is 24.2 Å². The summed E-state index contributed by atoms with van der Waals surface area (Å²) in [5.74, 6) is -1.00. The third kappa shape index (κ3) is 3.10. The fourth-order valence-electron chi connectivity index (χ4n) is 2.77. The van der Waals surface area contributed by atoms with Gasteiger partial charge in [-0.05, 0) is 32.4 Å². The SMILES string of the molecule is Cc1cccc(-c2nc3cc(F)c(F)cc3n2CCCCN)c1. The molecule has 120 valence electrons. The van der Waals surface area contributed by atoms with Gasteiger partial charge < -0.3 is 10.3 Å². The Morgan fingerprint density at radius 1 is 1.09 bits per heavy atom. The maximum Gasteiger partial charge on any atom is 0.161 e. The average Bonchev–Trinajstić information content (AvgIpc) is 2.86. The van der Waals surface area contributed by atoms with Gasteiger partial charge in [0.25, 0.3) is 0 Å². The molecular formula is C18H19F2N3. The number of rotatable bonds is 5. The molecule has 0 saturated heterocycles. The fraction of sp³-hybridized carbons (Fsp3) is 0.278. The molecule has 1 aromatic heterocycles. The molecule has 0 aliphatic carbocycles. The molecule has 0 amide bonds. The van der Waals surface area contributed by atoms with Gasteiger partial charge in [-0.2, -0.15) is 0 Å². The Bertz CT molecular complexity index is 840. The zero-order valence-corrected chi connectivity index (χ0v) is 13.0. The van der Waals surface area contributed by atoms with E-state index in [9.17, 15) is 8.78 Å². The second kappa shape index (κ2) is 6.46. The molecule has 3 rings (SSSR count). The van der Waals surface area contributed by atoms with E-state index in [4.69, 9.17) is 5.73 Å². The van der Waals surface area contributed by atoms with E-state index in [1.165, 1.54) is 6.07 Å². The summed E-state index contributed by atoms with van der Waals surface area (Å²) in [4.78, 5) is 4.53. The van der Waals surface area contributed by atoms with Gasteiger partial charge in [0.2, 0.25) is 0 Å². The van der Waals surface area contributed by atoms with Crippen LogP contribution in [0.3, 0.4) is 0 Å². The van der Waals surface area contributed by atoms with Gasteiger partial charge in [-0.15, -0.1) is 0 Å². The van der Waals surface area contributed by atoms with Crippen molar-refractivity contribution in [3.05, 3.63) is 53.6 Å². The highest BCUT2D eigenvalue weighted by atomic mass is 19.2. The van der Waals surface area contributed by atoms with E-state index in [0.717, 1.165) is 35.9 Å². The number of halogens is 2. The van der Waals surface area contributed by atoms with E-state index in [1.54, 1.807) is 0 Å². The van der Waals surface area contributed by atoms with Crippen molar-refractivity contribution >= 4 is 11.0 Å². The topological polar surface area (TPSA) is 43.8 Å². The van der Waals surface area contributed by atoms with Crippen LogP contribution in [0.25, 0.3) is 22.4 Å². The molecule has 0 radical (unpaired) electrons. The smallest absolute Gasteiger partial charge is 0.161 e. The van der Waals surface area contributed by atoms with Crippen LogP contribution in [0.4, 0.5) is 8.78 Å². The van der Waals surface area contributed by atoms with Crippen molar-refractivity contribution in [1.29, 1.82) is 0 Å². The van der Waals surface area contributed by atoms with Crippen molar-refractivity contribution in [3.63, 3.8) is 0 Å². The number of imidazole rings is 1. The van der Waals surface area contributed by atoms with Crippen LogP contribution in [0.2, 0.25) is 0 Å². The average molecular weight is 315 g/mol. The Balaban J connectivity index is 2.16. The molecule has 0 atom stereocenters. The Morgan fingerprint density at radius 3 is 2.61 bits per heavy atom. The third-order valence-corrected chi connectivity index (χ3v) is 3.90. The van der Waals surface area contributed by atoms with Crippen molar-refractivity contribution in [1.82, 2.24) is 9.55 Å². The van der Waals surface area contributed by atoms with E-state index in [2.05, 4.69) is 4.98 Å². The maximum atomic E-state index is 13.7. The first-order valence-corrected chi connectivity index (χ1v) is 7.72. The first-order valence-electron chi connectivity index (χ1n) is 7.72. The van der Waals surface area contributed by atoms with Gasteiger partial charge in [-0.25, -0.2) is 13.8 Å². The number of fused-ring (bicyclic) bond motifs is 1. The molecule has 23 heavy (non-hydrogen) atoms. The number of nitrogens with two attached hydrogens (primary N) is 1. The zero-order chi connectivity index (χ0) is 16.4. The predicted molar refractivity (Wildman–Crippen MR) is 88.1 cm³/mol. The summed E-state index contributed by atoms with van der Waals surface area (Å²) in [5, 5.41) is 0. The summed E-state index contributed by atoms with van der Waals surface area (Å²) in [6.45, 7) is 3.28. The Kier molecular flexibility index (Phi) is 4.39. The second-order valence-electron chi connectivity index (χ2n) is 5.71. The number of hydrogen-bond donors (Lipinski definition) is 1. The normalized spacial score (nSPS) is 11.3. The fourth-order valence-corrected chi connectivity index (χ4v) is 2.77. The minimum Gasteiger partial charge on any atom is -0.330 e. The van der Waals surface area contributed by atoms with Gasteiger partial charge in [0.05, 0.1) is 11.0 Å². The Labute approximate surface area is 133 Å². The number of nitrogens with zero attached hydrogens (tertiary/aromatic N) is 2. The summed E-state index contributed by atoms with van der Waals surface area (Å²) in [7, 11) is 0. The lowest BCUT2D eigenvalue weighted by Crippen LogP contribution is -2.05. The maximum absolute atomic E-state index is 13.7. The molecule has 0 saturated carbocycles. The highest BCUT2D eigenvalue weighted by Crippen LogP contribution is 2.27. The summed E-state index contributed by atoms with van der Waals surface area (Å²) >= 11 is 0. The quantitative estimate of drug-likeness (QED) is 0.722. The second-order valence-corrected chi connectivity index (χ2v) is 5.71. The highest BCUT2D eigenvalue weighted by molar-refractivity contribution is 5.81. The molecule has 2 aromatic carbocycles. The molecule has 3 aromatic rings. The van der Waals surface area contributed by atoms with Crippen LogP contribution in [0.1, 0.15) is 18.4 Å². The summed E-state index contributed by atoms with van der Waals surface area (Å²) in [6.07, 6.45) is 1.73. The van der Waals surface area contributed by atoms with Crippen molar-refractivity contribution in [2.24, 2.45) is 5.73 Å². The van der Waals surface area contributed by atoms with Gasteiger partial charge in [0.1, 0.15) is 5.82 Å². The molecule has 3 nitrogen and oxygen atoms in total. The summed E-state index contributed by atoms with van der Waals surface area (Å²) < 4.78 is 29.1. The molecule has 2 N–H and O–H groups in total. The first-order chi connectivity index (χ1) is 11.1. The van der Waals surface area contributed by atoms with Crippen LogP contribution < -0.4 is 5.73 Å². The van der Waals surface area contributed by atoms with E-state index < -0.39 is 11.6 Å². The largest absolute Gasteiger partial charge is 0.330 e. The van der Waals surface area contributed by atoms with E-state index >= 15 is 0 Å². The zero-order valence-electron chi connectivity index (χ0n) is 13.0. The number of benzene rings is 2. The number of aromatic nitrogens is 2. The Morgan fingerprint density at radius 2 is 1.87 bits per heavy atom. The van der Waals surface area contributed by atoms with Crippen LogP contribution in [0, 0.1) is 18.6 Å². The molecule has 5 heteroatoms. The van der Waals surface area contributed by atoms with Gasteiger partial charge in [0.15, 0.2) is 11.6 Å². The van der Waals surface area contributed by atoms with Crippen LogP contribution in [0.15, 0.2) is 36.4 Å². The minimum absolute atomic E-state index is 0.466. The number of hydrogen-bond acceptors (Lipinski definition) is 2. The first kappa shape index (κ1) is 15.6.